The van der Waals surface area contributed by atoms with Gasteiger partial charge in [0.2, 0.25) is 0 Å². The first-order chi connectivity index (χ1) is 8.56. The molecule has 0 aliphatic carbocycles. The van der Waals surface area contributed by atoms with Crippen molar-refractivity contribution in [3.63, 3.8) is 0 Å². The number of carbonyl (C=O) groups is 4. The lowest BCUT2D eigenvalue weighted by molar-refractivity contribution is -0.153. The third kappa shape index (κ3) is 6.36. The van der Waals surface area contributed by atoms with Crippen molar-refractivity contribution >= 4 is 23.9 Å². The summed E-state index contributed by atoms with van der Waals surface area (Å²) in [5, 5.41) is 34.9. The fourth-order valence-electron chi connectivity index (χ4n) is 1.70. The van der Waals surface area contributed by atoms with E-state index in [4.69, 9.17) is 20.4 Å². The summed E-state index contributed by atoms with van der Waals surface area (Å²) in [6.45, 7) is -0.312. The number of nitrogens with zero attached hydrogens (tertiary/aromatic N) is 1. The van der Waals surface area contributed by atoms with E-state index in [0.29, 0.717) is 0 Å². The first kappa shape index (κ1) is 16.8. The first-order valence-corrected chi connectivity index (χ1v) is 5.19. The highest BCUT2D eigenvalue weighted by Crippen LogP contribution is 2.24. The minimum Gasteiger partial charge on any atom is -0.481 e. The molecule has 0 fully saturated rings. The van der Waals surface area contributed by atoms with Crippen molar-refractivity contribution < 1.29 is 39.6 Å². The van der Waals surface area contributed by atoms with E-state index in [9.17, 15) is 19.2 Å². The summed E-state index contributed by atoms with van der Waals surface area (Å²) in [5.74, 6) is -5.43. The van der Waals surface area contributed by atoms with Crippen LogP contribution in [0.5, 0.6) is 0 Å². The van der Waals surface area contributed by atoms with Crippen LogP contribution >= 0.6 is 0 Å². The van der Waals surface area contributed by atoms with Gasteiger partial charge >= 0.3 is 23.9 Å². The smallest absolute Gasteiger partial charge is 0.317 e. The van der Waals surface area contributed by atoms with E-state index in [1.165, 1.54) is 6.92 Å². The van der Waals surface area contributed by atoms with Crippen LogP contribution in [0.1, 0.15) is 19.8 Å². The fraction of sp³-hybridized carbons (Fsp3) is 0.600. The molecule has 0 aromatic rings. The van der Waals surface area contributed by atoms with Crippen molar-refractivity contribution in [2.24, 2.45) is 0 Å². The zero-order chi connectivity index (χ0) is 15.2. The Bertz CT molecular complexity index is 359. The largest absolute Gasteiger partial charge is 0.481 e. The molecule has 0 heterocycles. The monoisotopic (exact) mass is 277 g/mol. The van der Waals surface area contributed by atoms with Gasteiger partial charge in [-0.05, 0) is 6.92 Å². The number of carboxylic acid groups (broad SMARTS) is 4. The summed E-state index contributed by atoms with van der Waals surface area (Å²) in [7, 11) is 0. The Labute approximate surface area is 108 Å². The van der Waals surface area contributed by atoms with Crippen LogP contribution in [-0.2, 0) is 19.2 Å². The minimum absolute atomic E-state index is 0.681. The summed E-state index contributed by atoms with van der Waals surface area (Å²) in [6.07, 6.45) is -1.36. The van der Waals surface area contributed by atoms with Crippen LogP contribution in [0.2, 0.25) is 0 Å². The first-order valence-electron chi connectivity index (χ1n) is 5.19. The van der Waals surface area contributed by atoms with Crippen LogP contribution in [-0.4, -0.2) is 67.8 Å². The van der Waals surface area contributed by atoms with Crippen molar-refractivity contribution in [2.75, 3.05) is 13.1 Å². The molecule has 0 rings (SSSR count). The maximum absolute atomic E-state index is 10.8. The SMILES string of the molecule is CC(CC(=O)O)(CC(=O)O)N(CC(=O)O)CC(=O)O. The zero-order valence-corrected chi connectivity index (χ0v) is 10.2. The predicted molar refractivity (Wildman–Crippen MR) is 59.8 cm³/mol. The zero-order valence-electron chi connectivity index (χ0n) is 10.2. The van der Waals surface area contributed by atoms with Gasteiger partial charge in [0.15, 0.2) is 0 Å². The van der Waals surface area contributed by atoms with Gasteiger partial charge in [-0.25, -0.2) is 0 Å². The number of carboxylic acids is 4. The van der Waals surface area contributed by atoms with Crippen LogP contribution in [0.3, 0.4) is 0 Å². The second-order valence-corrected chi connectivity index (χ2v) is 4.28. The second-order valence-electron chi connectivity index (χ2n) is 4.28. The molecule has 0 radical (unpaired) electrons. The molecule has 0 spiro atoms. The molecule has 0 aliphatic heterocycles. The van der Waals surface area contributed by atoms with Crippen LogP contribution < -0.4 is 0 Å². The van der Waals surface area contributed by atoms with Crippen molar-refractivity contribution in [1.29, 1.82) is 0 Å². The summed E-state index contributed by atoms with van der Waals surface area (Å²) in [4.78, 5) is 43.7. The summed E-state index contributed by atoms with van der Waals surface area (Å²) in [5.41, 5.74) is -1.60. The van der Waals surface area contributed by atoms with Gasteiger partial charge in [0, 0.05) is 5.54 Å². The molecule has 9 heteroatoms. The molecule has 0 atom stereocenters. The summed E-state index contributed by atoms with van der Waals surface area (Å²) >= 11 is 0. The summed E-state index contributed by atoms with van der Waals surface area (Å²) < 4.78 is 0. The van der Waals surface area contributed by atoms with Gasteiger partial charge in [-0.15, -0.1) is 0 Å². The van der Waals surface area contributed by atoms with Gasteiger partial charge in [0.25, 0.3) is 0 Å². The molecule has 4 N–H and O–H groups in total. The molecule has 9 nitrogen and oxygen atoms in total. The fourth-order valence-corrected chi connectivity index (χ4v) is 1.70. The molecule has 0 unspecified atom stereocenters. The lowest BCUT2D eigenvalue weighted by atomic mass is 9.91. The highest BCUT2D eigenvalue weighted by Gasteiger charge is 2.38. The standard InChI is InChI=1S/C10H15NO8/c1-10(2-6(12)13,3-7(14)15)11(4-8(16)17)5-9(18)19/h2-5H2,1H3,(H,12,13)(H,14,15)(H,16,17)(H,18,19). The highest BCUT2D eigenvalue weighted by atomic mass is 16.4. The van der Waals surface area contributed by atoms with Crippen LogP contribution in [0.15, 0.2) is 0 Å². The minimum atomic E-state index is -1.60. The maximum atomic E-state index is 10.8. The third-order valence-electron chi connectivity index (χ3n) is 2.48. The molecule has 0 saturated heterocycles. The Morgan fingerprint density at radius 3 is 1.32 bits per heavy atom. The van der Waals surface area contributed by atoms with E-state index >= 15 is 0 Å². The molecule has 0 aromatic heterocycles. The highest BCUT2D eigenvalue weighted by molar-refractivity contribution is 5.76. The lowest BCUT2D eigenvalue weighted by Crippen LogP contribution is -2.53. The molecule has 0 aromatic carbocycles. The van der Waals surface area contributed by atoms with E-state index in [-0.39, 0.29) is 0 Å². The molecule has 0 aliphatic rings. The Hall–Kier alpha value is -2.16. The molecular weight excluding hydrogens is 262 g/mol. The van der Waals surface area contributed by atoms with Gasteiger partial charge in [0.05, 0.1) is 25.9 Å². The van der Waals surface area contributed by atoms with Gasteiger partial charge in [-0.2, -0.15) is 0 Å². The Morgan fingerprint density at radius 2 is 1.11 bits per heavy atom. The van der Waals surface area contributed by atoms with E-state index in [0.717, 1.165) is 4.90 Å². The van der Waals surface area contributed by atoms with Crippen LogP contribution in [0, 0.1) is 0 Å². The molecule has 108 valence electrons. The molecule has 19 heavy (non-hydrogen) atoms. The van der Waals surface area contributed by atoms with Crippen molar-refractivity contribution in [2.45, 2.75) is 25.3 Å². The van der Waals surface area contributed by atoms with Gasteiger partial charge < -0.3 is 20.4 Å². The molecule has 0 saturated carbocycles. The number of aliphatic carboxylic acids is 4. The molecule has 0 bridgehead atoms. The number of hydrogen-bond acceptors (Lipinski definition) is 5. The average molecular weight is 277 g/mol. The van der Waals surface area contributed by atoms with Gasteiger partial charge in [-0.3, -0.25) is 24.1 Å². The Morgan fingerprint density at radius 1 is 0.789 bits per heavy atom. The number of hydrogen-bond donors (Lipinski definition) is 4. The van der Waals surface area contributed by atoms with Gasteiger partial charge in [-0.1, -0.05) is 0 Å². The molecular formula is C10H15NO8. The van der Waals surface area contributed by atoms with Gasteiger partial charge in [0.1, 0.15) is 0 Å². The third-order valence-corrected chi connectivity index (χ3v) is 2.48. The normalized spacial score (nSPS) is 11.3. The Kier molecular flexibility index (Phi) is 5.93. The average Bonchev–Trinajstić information content (AvgIpc) is 2.11. The predicted octanol–water partition coefficient (Wildman–Crippen LogP) is -0.834. The van der Waals surface area contributed by atoms with Crippen LogP contribution in [0.25, 0.3) is 0 Å². The summed E-state index contributed by atoms with van der Waals surface area (Å²) in [6, 6.07) is 0. The quantitative estimate of drug-likeness (QED) is 0.422. The topological polar surface area (TPSA) is 152 Å². The van der Waals surface area contributed by atoms with Crippen LogP contribution in [0.4, 0.5) is 0 Å². The Balaban J connectivity index is 5.30. The van der Waals surface area contributed by atoms with Crippen molar-refractivity contribution in [1.82, 2.24) is 4.90 Å². The second kappa shape index (κ2) is 6.69. The van der Waals surface area contributed by atoms with Crippen molar-refractivity contribution in [3.05, 3.63) is 0 Å². The van der Waals surface area contributed by atoms with E-state index in [1.807, 2.05) is 0 Å². The maximum Gasteiger partial charge on any atom is 0.317 e. The van der Waals surface area contributed by atoms with E-state index < -0.39 is 55.3 Å². The van der Waals surface area contributed by atoms with E-state index in [1.54, 1.807) is 0 Å². The van der Waals surface area contributed by atoms with Crippen molar-refractivity contribution in [3.8, 4) is 0 Å². The molecule has 0 amide bonds. The lowest BCUT2D eigenvalue weighted by Gasteiger charge is -2.37. The number of rotatable bonds is 9. The van der Waals surface area contributed by atoms with E-state index in [2.05, 4.69) is 0 Å².